The molecule has 0 aliphatic rings. The zero-order chi connectivity index (χ0) is 10.9. The lowest BCUT2D eigenvalue weighted by atomic mass is 10.4. The molecule has 0 aliphatic heterocycles. The Morgan fingerprint density at radius 2 is 2.07 bits per heavy atom. The maximum atomic E-state index is 12.3. The van der Waals surface area contributed by atoms with Crippen LogP contribution in [-0.2, 0) is 10.0 Å². The third kappa shape index (κ3) is 2.58. The van der Waals surface area contributed by atoms with Gasteiger partial charge in [0.15, 0.2) is 0 Å². The average molecular weight is 334 g/mol. The van der Waals surface area contributed by atoms with Gasteiger partial charge < -0.3 is 0 Å². The number of alkyl halides is 2. The molecule has 0 fully saturated rings. The topological polar surface area (TPSA) is 73.1 Å². The van der Waals surface area contributed by atoms with Gasteiger partial charge in [0.2, 0.25) is 10.0 Å². The molecule has 0 aliphatic carbocycles. The van der Waals surface area contributed by atoms with Gasteiger partial charge in [-0.3, -0.25) is 4.98 Å². The average Bonchev–Trinajstić information content (AvgIpc) is 2.01. The zero-order valence-corrected chi connectivity index (χ0v) is 9.59. The molecule has 78 valence electrons. The van der Waals surface area contributed by atoms with Crippen LogP contribution in [0.1, 0.15) is 12.1 Å². The number of aromatic nitrogens is 1. The fraction of sp³-hybridized carbons (Fsp3) is 0.167. The maximum absolute atomic E-state index is 12.3. The number of sulfonamides is 1. The first-order valence-corrected chi connectivity index (χ1v) is 5.91. The largest absolute Gasteiger partial charge is 0.281 e. The van der Waals surface area contributed by atoms with E-state index in [-0.39, 0.29) is 0 Å². The summed E-state index contributed by atoms with van der Waals surface area (Å²) in [5, 5.41) is 4.76. The van der Waals surface area contributed by atoms with Gasteiger partial charge in [0, 0.05) is 9.77 Å². The maximum Gasteiger partial charge on any atom is 0.281 e. The van der Waals surface area contributed by atoms with Crippen molar-refractivity contribution >= 4 is 32.6 Å². The summed E-state index contributed by atoms with van der Waals surface area (Å²) in [5.41, 5.74) is -0.812. The summed E-state index contributed by atoms with van der Waals surface area (Å²) in [5.74, 6) is 0. The highest BCUT2D eigenvalue weighted by Gasteiger charge is 2.22. The van der Waals surface area contributed by atoms with Crippen LogP contribution in [-0.4, -0.2) is 13.4 Å². The molecule has 1 rings (SSSR count). The number of hydrogen-bond donors (Lipinski definition) is 1. The van der Waals surface area contributed by atoms with Gasteiger partial charge in [-0.2, -0.15) is 0 Å². The van der Waals surface area contributed by atoms with Gasteiger partial charge >= 0.3 is 0 Å². The Morgan fingerprint density at radius 3 is 2.50 bits per heavy atom. The molecule has 0 amide bonds. The molecule has 8 heteroatoms. The SMILES string of the molecule is NS(=O)(=O)c1cc(I)cnc1C(F)F. The van der Waals surface area contributed by atoms with Gasteiger partial charge in [-0.15, -0.1) is 0 Å². The molecule has 0 radical (unpaired) electrons. The molecular formula is C6H5F2IN2O2S. The fourth-order valence-electron chi connectivity index (χ4n) is 0.823. The molecule has 0 bridgehead atoms. The first kappa shape index (κ1) is 11.7. The van der Waals surface area contributed by atoms with Crippen LogP contribution in [0.4, 0.5) is 8.78 Å². The molecule has 0 saturated heterocycles. The second kappa shape index (κ2) is 4.03. The van der Waals surface area contributed by atoms with E-state index in [9.17, 15) is 17.2 Å². The van der Waals surface area contributed by atoms with Crippen LogP contribution in [0, 0.1) is 3.57 Å². The molecule has 0 unspecified atom stereocenters. The molecule has 0 atom stereocenters. The van der Waals surface area contributed by atoms with Gasteiger partial charge in [-0.25, -0.2) is 22.3 Å². The van der Waals surface area contributed by atoms with Crippen molar-refractivity contribution in [2.45, 2.75) is 11.3 Å². The van der Waals surface area contributed by atoms with Crippen molar-refractivity contribution in [1.29, 1.82) is 0 Å². The molecule has 1 heterocycles. The number of hydrogen-bond acceptors (Lipinski definition) is 3. The molecule has 14 heavy (non-hydrogen) atoms. The molecule has 1 aromatic rings. The second-order valence-electron chi connectivity index (χ2n) is 2.38. The third-order valence-corrected chi connectivity index (χ3v) is 2.89. The smallest absolute Gasteiger partial charge is 0.253 e. The summed E-state index contributed by atoms with van der Waals surface area (Å²) in [6, 6.07) is 1.06. The number of halogens is 3. The number of nitrogens with two attached hydrogens (primary N) is 1. The second-order valence-corrected chi connectivity index (χ2v) is 5.16. The van der Waals surface area contributed by atoms with E-state index in [2.05, 4.69) is 4.98 Å². The van der Waals surface area contributed by atoms with Crippen LogP contribution in [0.3, 0.4) is 0 Å². The molecule has 0 spiro atoms. The Balaban J connectivity index is 3.46. The van der Waals surface area contributed by atoms with Crippen molar-refractivity contribution in [2.75, 3.05) is 0 Å². The Labute approximate surface area is 92.7 Å². The highest BCUT2D eigenvalue weighted by molar-refractivity contribution is 14.1. The Bertz CT molecular complexity index is 449. The van der Waals surface area contributed by atoms with Crippen molar-refractivity contribution in [3.05, 3.63) is 21.5 Å². The molecule has 2 N–H and O–H groups in total. The van der Waals surface area contributed by atoms with Crippen molar-refractivity contribution in [3.63, 3.8) is 0 Å². The van der Waals surface area contributed by atoms with E-state index in [0.717, 1.165) is 12.3 Å². The molecule has 1 aromatic heterocycles. The van der Waals surface area contributed by atoms with E-state index in [1.807, 2.05) is 0 Å². The summed E-state index contributed by atoms with van der Waals surface area (Å²) in [6.45, 7) is 0. The van der Waals surface area contributed by atoms with E-state index in [1.165, 1.54) is 0 Å². The van der Waals surface area contributed by atoms with Crippen LogP contribution in [0.15, 0.2) is 17.2 Å². The fourth-order valence-corrected chi connectivity index (χ4v) is 2.21. The number of primary sulfonamides is 1. The van der Waals surface area contributed by atoms with Crippen LogP contribution in [0.5, 0.6) is 0 Å². The summed E-state index contributed by atoms with van der Waals surface area (Å²) in [6.07, 6.45) is -1.81. The standard InChI is InChI=1S/C6H5F2IN2O2S/c7-6(8)5-4(14(10,12)13)1-3(9)2-11-5/h1-2,6H,(H2,10,12,13). The minimum Gasteiger partial charge on any atom is -0.253 e. The monoisotopic (exact) mass is 334 g/mol. The van der Waals surface area contributed by atoms with Gasteiger partial charge in [-0.1, -0.05) is 0 Å². The van der Waals surface area contributed by atoms with Crippen molar-refractivity contribution in [3.8, 4) is 0 Å². The minimum atomic E-state index is -4.15. The predicted octanol–water partition coefficient (Wildman–Crippen LogP) is 1.27. The van der Waals surface area contributed by atoms with E-state index in [0.29, 0.717) is 3.57 Å². The Morgan fingerprint density at radius 1 is 1.50 bits per heavy atom. The number of pyridine rings is 1. The van der Waals surface area contributed by atoms with Gasteiger partial charge in [-0.05, 0) is 28.7 Å². The van der Waals surface area contributed by atoms with Crippen LogP contribution in [0.2, 0.25) is 0 Å². The van der Waals surface area contributed by atoms with E-state index >= 15 is 0 Å². The van der Waals surface area contributed by atoms with Crippen LogP contribution < -0.4 is 5.14 Å². The van der Waals surface area contributed by atoms with Crippen LogP contribution in [0.25, 0.3) is 0 Å². The number of nitrogens with zero attached hydrogens (tertiary/aromatic N) is 1. The van der Waals surface area contributed by atoms with Crippen molar-refractivity contribution in [2.24, 2.45) is 5.14 Å². The first-order valence-electron chi connectivity index (χ1n) is 3.29. The van der Waals surface area contributed by atoms with Gasteiger partial charge in [0.1, 0.15) is 10.6 Å². The Hall–Kier alpha value is -0.350. The van der Waals surface area contributed by atoms with Gasteiger partial charge in [0.25, 0.3) is 6.43 Å². The first-order chi connectivity index (χ1) is 6.32. The summed E-state index contributed by atoms with van der Waals surface area (Å²) in [7, 11) is -4.15. The predicted molar refractivity (Wildman–Crippen MR) is 53.3 cm³/mol. The Kier molecular flexibility index (Phi) is 3.37. The third-order valence-electron chi connectivity index (χ3n) is 1.36. The highest BCUT2D eigenvalue weighted by atomic mass is 127. The number of rotatable bonds is 2. The quantitative estimate of drug-likeness (QED) is 0.828. The van der Waals surface area contributed by atoms with E-state index in [4.69, 9.17) is 5.14 Å². The minimum absolute atomic E-state index is 0.427. The zero-order valence-electron chi connectivity index (χ0n) is 6.62. The molecule has 0 aromatic carbocycles. The lowest BCUT2D eigenvalue weighted by molar-refractivity contribution is 0.142. The van der Waals surface area contributed by atoms with Crippen molar-refractivity contribution < 1.29 is 17.2 Å². The highest BCUT2D eigenvalue weighted by Crippen LogP contribution is 2.24. The molecular weight excluding hydrogens is 329 g/mol. The lowest BCUT2D eigenvalue weighted by Crippen LogP contribution is -2.16. The normalized spacial score (nSPS) is 12.1. The molecule has 4 nitrogen and oxygen atoms in total. The molecule has 0 saturated carbocycles. The summed E-state index contributed by atoms with van der Waals surface area (Å²) in [4.78, 5) is 2.70. The summed E-state index contributed by atoms with van der Waals surface area (Å²) < 4.78 is 46.9. The van der Waals surface area contributed by atoms with Crippen LogP contribution >= 0.6 is 22.6 Å². The summed E-state index contributed by atoms with van der Waals surface area (Å²) >= 11 is 1.76. The lowest BCUT2D eigenvalue weighted by Gasteiger charge is -2.05. The van der Waals surface area contributed by atoms with E-state index in [1.54, 1.807) is 22.6 Å². The van der Waals surface area contributed by atoms with Crippen molar-refractivity contribution in [1.82, 2.24) is 4.98 Å². The van der Waals surface area contributed by atoms with E-state index < -0.39 is 27.0 Å². The van der Waals surface area contributed by atoms with Gasteiger partial charge in [0.05, 0.1) is 0 Å².